The zero-order valence-corrected chi connectivity index (χ0v) is 16.9. The van der Waals surface area contributed by atoms with Crippen LogP contribution in [0, 0.1) is 17.6 Å². The molecule has 5 rings (SSSR count). The highest BCUT2D eigenvalue weighted by atomic mass is 35.5. The number of hydrogen-bond donors (Lipinski definition) is 0. The van der Waals surface area contributed by atoms with Gasteiger partial charge in [-0.15, -0.1) is 10.2 Å². The fourth-order valence-electron chi connectivity index (χ4n) is 4.19. The Balaban J connectivity index is 1.38. The van der Waals surface area contributed by atoms with Crippen molar-refractivity contribution in [1.82, 2.24) is 14.6 Å². The molecule has 0 amide bonds. The van der Waals surface area contributed by atoms with E-state index in [0.29, 0.717) is 36.0 Å². The smallest absolute Gasteiger partial charge is 0.181 e. The third kappa shape index (κ3) is 3.52. The summed E-state index contributed by atoms with van der Waals surface area (Å²) in [5.41, 5.74) is 2.17. The fraction of sp³-hybridized carbons (Fsp3) is 0.429. The SMILES string of the molecule is C[C@H]1CN(c2ccn3c(CC4CC4)nnc3c2Cl)CCN1c1cc(F)cc(F)c1. The molecule has 1 saturated carbocycles. The lowest BCUT2D eigenvalue weighted by Gasteiger charge is -2.42. The average Bonchev–Trinajstić information content (AvgIpc) is 3.40. The second-order valence-corrected chi connectivity index (χ2v) is 8.47. The lowest BCUT2D eigenvalue weighted by molar-refractivity contribution is 0.541. The Labute approximate surface area is 172 Å². The molecule has 0 N–H and O–H groups in total. The van der Waals surface area contributed by atoms with E-state index >= 15 is 0 Å². The van der Waals surface area contributed by atoms with Gasteiger partial charge in [-0.1, -0.05) is 11.6 Å². The Bertz CT molecular complexity index is 1040. The molecular weight excluding hydrogens is 396 g/mol. The Morgan fingerprint density at radius 3 is 2.55 bits per heavy atom. The van der Waals surface area contributed by atoms with Crippen molar-refractivity contribution in [3.05, 3.63) is 52.9 Å². The van der Waals surface area contributed by atoms with Gasteiger partial charge in [0.2, 0.25) is 0 Å². The maximum Gasteiger partial charge on any atom is 0.181 e. The van der Waals surface area contributed by atoms with Crippen LogP contribution < -0.4 is 9.80 Å². The van der Waals surface area contributed by atoms with Crippen molar-refractivity contribution < 1.29 is 8.78 Å². The summed E-state index contributed by atoms with van der Waals surface area (Å²) < 4.78 is 29.2. The topological polar surface area (TPSA) is 36.7 Å². The lowest BCUT2D eigenvalue weighted by atomic mass is 10.1. The van der Waals surface area contributed by atoms with Gasteiger partial charge in [-0.2, -0.15) is 0 Å². The molecule has 0 unspecified atom stereocenters. The maximum atomic E-state index is 13.6. The first-order valence-electron chi connectivity index (χ1n) is 9.99. The Kier molecular flexibility index (Phi) is 4.57. The molecule has 3 heterocycles. The van der Waals surface area contributed by atoms with E-state index in [1.54, 1.807) is 0 Å². The van der Waals surface area contributed by atoms with Crippen molar-refractivity contribution in [3.8, 4) is 0 Å². The fourth-order valence-corrected chi connectivity index (χ4v) is 4.50. The second-order valence-electron chi connectivity index (χ2n) is 8.09. The first-order valence-corrected chi connectivity index (χ1v) is 10.4. The summed E-state index contributed by atoms with van der Waals surface area (Å²) in [7, 11) is 0. The van der Waals surface area contributed by atoms with Crippen molar-refractivity contribution in [2.45, 2.75) is 32.2 Å². The number of benzene rings is 1. The van der Waals surface area contributed by atoms with Crippen LogP contribution in [-0.2, 0) is 6.42 Å². The van der Waals surface area contributed by atoms with E-state index in [9.17, 15) is 8.78 Å². The number of anilines is 2. The van der Waals surface area contributed by atoms with Crippen molar-refractivity contribution in [2.75, 3.05) is 29.4 Å². The molecule has 2 aliphatic rings. The standard InChI is InChI=1S/C21H22ClF2N5/c1-13-12-27(6-7-28(13)17-10-15(23)9-16(24)11-17)18-4-5-29-19(8-14-2-3-14)25-26-21(29)20(18)22/h4-5,9-11,13-14H,2-3,6-8,12H2,1H3/t13-/m0/s1. The third-order valence-electron chi connectivity index (χ3n) is 5.88. The molecule has 1 saturated heterocycles. The van der Waals surface area contributed by atoms with Crippen molar-refractivity contribution in [3.63, 3.8) is 0 Å². The molecule has 2 aromatic heterocycles. The number of aromatic nitrogens is 3. The number of rotatable bonds is 4. The minimum Gasteiger partial charge on any atom is -0.366 e. The van der Waals surface area contributed by atoms with E-state index in [0.717, 1.165) is 29.9 Å². The summed E-state index contributed by atoms with van der Waals surface area (Å²) in [5, 5.41) is 9.25. The minimum absolute atomic E-state index is 0.0699. The molecule has 3 aromatic rings. The number of nitrogens with zero attached hydrogens (tertiary/aromatic N) is 5. The van der Waals surface area contributed by atoms with E-state index in [2.05, 4.69) is 15.1 Å². The average molecular weight is 418 g/mol. The highest BCUT2D eigenvalue weighted by Gasteiger charge is 2.28. The molecule has 8 heteroatoms. The lowest BCUT2D eigenvalue weighted by Crippen LogP contribution is -2.52. The molecule has 1 aliphatic carbocycles. The third-order valence-corrected chi connectivity index (χ3v) is 6.25. The molecule has 1 aromatic carbocycles. The summed E-state index contributed by atoms with van der Waals surface area (Å²) in [5.74, 6) is 0.568. The zero-order chi connectivity index (χ0) is 20.1. The van der Waals surface area contributed by atoms with Crippen LogP contribution in [0.2, 0.25) is 5.02 Å². The van der Waals surface area contributed by atoms with Crippen LogP contribution in [0.3, 0.4) is 0 Å². The first kappa shape index (κ1) is 18.6. The summed E-state index contributed by atoms with van der Waals surface area (Å²) in [6, 6.07) is 5.74. The van der Waals surface area contributed by atoms with E-state index in [4.69, 9.17) is 11.6 Å². The Morgan fingerprint density at radius 1 is 1.10 bits per heavy atom. The highest BCUT2D eigenvalue weighted by Crippen LogP contribution is 2.35. The van der Waals surface area contributed by atoms with Gasteiger partial charge in [-0.05, 0) is 43.9 Å². The summed E-state index contributed by atoms with van der Waals surface area (Å²) in [4.78, 5) is 4.23. The van der Waals surface area contributed by atoms with Gasteiger partial charge in [0, 0.05) is 50.0 Å². The summed E-state index contributed by atoms with van der Waals surface area (Å²) >= 11 is 6.71. The van der Waals surface area contributed by atoms with Crippen LogP contribution in [0.4, 0.5) is 20.2 Å². The molecule has 29 heavy (non-hydrogen) atoms. The van der Waals surface area contributed by atoms with Crippen LogP contribution in [0.5, 0.6) is 0 Å². The number of hydrogen-bond acceptors (Lipinski definition) is 4. The van der Waals surface area contributed by atoms with Gasteiger partial charge in [-0.3, -0.25) is 4.40 Å². The molecule has 0 radical (unpaired) electrons. The van der Waals surface area contributed by atoms with Crippen molar-refractivity contribution in [1.29, 1.82) is 0 Å². The Hall–Kier alpha value is -2.41. The van der Waals surface area contributed by atoms with E-state index < -0.39 is 11.6 Å². The van der Waals surface area contributed by atoms with Gasteiger partial charge in [0.25, 0.3) is 0 Å². The van der Waals surface area contributed by atoms with Crippen LogP contribution in [0.1, 0.15) is 25.6 Å². The second kappa shape index (κ2) is 7.13. The van der Waals surface area contributed by atoms with Gasteiger partial charge in [0.05, 0.1) is 5.69 Å². The van der Waals surface area contributed by atoms with Crippen LogP contribution in [-0.4, -0.2) is 40.3 Å². The van der Waals surface area contributed by atoms with E-state index in [1.807, 2.05) is 28.5 Å². The monoisotopic (exact) mass is 417 g/mol. The molecule has 0 spiro atoms. The van der Waals surface area contributed by atoms with Crippen molar-refractivity contribution in [2.24, 2.45) is 5.92 Å². The van der Waals surface area contributed by atoms with E-state index in [-0.39, 0.29) is 6.04 Å². The molecule has 152 valence electrons. The number of fused-ring (bicyclic) bond motifs is 1. The van der Waals surface area contributed by atoms with Gasteiger partial charge in [0.15, 0.2) is 5.65 Å². The van der Waals surface area contributed by atoms with Gasteiger partial charge in [0.1, 0.15) is 22.5 Å². The summed E-state index contributed by atoms with van der Waals surface area (Å²) in [6.07, 6.45) is 5.46. The minimum atomic E-state index is -0.558. The Morgan fingerprint density at radius 2 is 1.86 bits per heavy atom. The molecule has 0 bridgehead atoms. The van der Waals surface area contributed by atoms with Crippen LogP contribution in [0.25, 0.3) is 5.65 Å². The maximum absolute atomic E-state index is 13.6. The number of halogens is 3. The van der Waals surface area contributed by atoms with E-state index in [1.165, 1.54) is 25.0 Å². The normalized spacial score (nSPS) is 19.9. The molecule has 1 atom stereocenters. The number of pyridine rings is 1. The summed E-state index contributed by atoms with van der Waals surface area (Å²) in [6.45, 7) is 4.08. The number of piperazine rings is 1. The van der Waals surface area contributed by atoms with Crippen molar-refractivity contribution >= 4 is 28.6 Å². The van der Waals surface area contributed by atoms with Gasteiger partial charge >= 0.3 is 0 Å². The van der Waals surface area contributed by atoms with Gasteiger partial charge in [-0.25, -0.2) is 8.78 Å². The molecular formula is C21H22ClF2N5. The first-order chi connectivity index (χ1) is 14.0. The quantitative estimate of drug-likeness (QED) is 0.633. The highest BCUT2D eigenvalue weighted by molar-refractivity contribution is 6.36. The zero-order valence-electron chi connectivity index (χ0n) is 16.2. The molecule has 5 nitrogen and oxygen atoms in total. The largest absolute Gasteiger partial charge is 0.366 e. The van der Waals surface area contributed by atoms with Gasteiger partial charge < -0.3 is 9.80 Å². The predicted molar refractivity (Wildman–Crippen MR) is 110 cm³/mol. The van der Waals surface area contributed by atoms with Crippen LogP contribution in [0.15, 0.2) is 30.5 Å². The molecule has 1 aliphatic heterocycles. The van der Waals surface area contributed by atoms with Crippen LogP contribution >= 0.6 is 11.6 Å². The predicted octanol–water partition coefficient (Wildman–Crippen LogP) is 4.33. The molecule has 2 fully saturated rings.